The predicted molar refractivity (Wildman–Crippen MR) is 156 cm³/mol. The summed E-state index contributed by atoms with van der Waals surface area (Å²) in [6.45, 7) is 2.07. The van der Waals surface area contributed by atoms with Crippen LogP contribution in [0.25, 0.3) is 32.8 Å². The van der Waals surface area contributed by atoms with E-state index in [1.54, 1.807) is 18.4 Å². The molecule has 2 saturated carbocycles. The number of likely N-dealkylation sites (tertiary alicyclic amines) is 1. The van der Waals surface area contributed by atoms with Crippen LogP contribution < -0.4 is 10.5 Å². The third kappa shape index (κ3) is 4.54. The Kier molecular flexibility index (Phi) is 7.16. The summed E-state index contributed by atoms with van der Waals surface area (Å²) in [5.74, 6) is 3.07. The van der Waals surface area contributed by atoms with Crippen LogP contribution in [-0.4, -0.2) is 63.4 Å². The maximum atomic E-state index is 13.5. The van der Waals surface area contributed by atoms with Crippen molar-refractivity contribution in [3.05, 3.63) is 34.7 Å². The van der Waals surface area contributed by atoms with E-state index < -0.39 is 0 Å². The number of rotatable bonds is 8. The molecule has 1 saturated heterocycles. The fourth-order valence-corrected chi connectivity index (χ4v) is 7.71. The Morgan fingerprint density at radius 1 is 1.18 bits per heavy atom. The van der Waals surface area contributed by atoms with E-state index in [1.807, 2.05) is 19.2 Å². The van der Waals surface area contributed by atoms with E-state index in [9.17, 15) is 9.90 Å². The van der Waals surface area contributed by atoms with Crippen LogP contribution in [0.3, 0.4) is 0 Å². The molecule has 1 aliphatic heterocycles. The number of aliphatic hydroxyl groups excluding tert-OH is 1. The predicted octanol–water partition coefficient (Wildman–Crippen LogP) is 4.80. The first kappa shape index (κ1) is 26.3. The Balaban J connectivity index is 0.00000135. The standard InChI is InChI=1S/C29H34N4O3S.CH5N/c1-31-27-22(11-20(12-24(27)36-2)29(35)32-15-18-7-8-21(32)10-18)30-28(31)23-13-25-26(33(23)14-17-5-6-17)19(16-37-25)4-3-9-34;1-2/h11-13,16-18,21,34H,3-10,14-15H2,1-2H3;2H2,1H3/t18-,21+;/m0./s1. The van der Waals surface area contributed by atoms with Crippen LogP contribution in [0.5, 0.6) is 5.75 Å². The van der Waals surface area contributed by atoms with E-state index in [2.05, 4.69) is 31.2 Å². The van der Waals surface area contributed by atoms with E-state index in [1.165, 1.54) is 42.1 Å². The number of benzene rings is 1. The van der Waals surface area contributed by atoms with E-state index in [0.29, 0.717) is 29.2 Å². The first-order valence-electron chi connectivity index (χ1n) is 14.2. The van der Waals surface area contributed by atoms with E-state index in [-0.39, 0.29) is 12.5 Å². The summed E-state index contributed by atoms with van der Waals surface area (Å²) in [6.07, 6.45) is 7.72. The molecule has 8 nitrogen and oxygen atoms in total. The number of imidazole rings is 1. The molecule has 3 aliphatic rings. The number of aliphatic hydroxyl groups is 1. The SMILES string of the molecule is CN.COc1cc(C(=O)N2C[C@H]3CC[C@@H]2C3)cc2nc(-c3cc4scc(CCCO)c4n3CC3CC3)n(C)c12. The lowest BCUT2D eigenvalue weighted by molar-refractivity contribution is 0.0703. The average molecular weight is 550 g/mol. The van der Waals surface area contributed by atoms with Gasteiger partial charge in [0, 0.05) is 38.3 Å². The molecule has 0 unspecified atom stereocenters. The molecular weight excluding hydrogens is 510 g/mol. The average Bonchev–Trinajstić information content (AvgIpc) is 3.35. The minimum absolute atomic E-state index is 0.103. The molecule has 0 spiro atoms. The number of aryl methyl sites for hydroxylation is 2. The Bertz CT molecular complexity index is 1510. The van der Waals surface area contributed by atoms with Crippen molar-refractivity contribution in [2.24, 2.45) is 24.6 Å². The van der Waals surface area contributed by atoms with Gasteiger partial charge < -0.3 is 29.6 Å². The number of piperidine rings is 1. The number of amides is 1. The number of fused-ring (bicyclic) bond motifs is 4. The number of carbonyl (C=O) groups is 1. The van der Waals surface area contributed by atoms with Gasteiger partial charge in [-0.15, -0.1) is 11.3 Å². The number of carbonyl (C=O) groups excluding carboxylic acids is 1. The third-order valence-corrected chi connectivity index (χ3v) is 9.70. The highest BCUT2D eigenvalue weighted by atomic mass is 32.1. The highest BCUT2D eigenvalue weighted by Crippen LogP contribution is 2.42. The van der Waals surface area contributed by atoms with Crippen molar-refractivity contribution >= 4 is 38.5 Å². The number of nitrogens with zero attached hydrogens (tertiary/aromatic N) is 4. The molecule has 3 aromatic heterocycles. The van der Waals surface area contributed by atoms with Crippen molar-refractivity contribution in [2.75, 3.05) is 27.3 Å². The molecule has 1 amide bonds. The lowest BCUT2D eigenvalue weighted by atomic mass is 10.1. The largest absolute Gasteiger partial charge is 0.494 e. The Hall–Kier alpha value is -2.88. The van der Waals surface area contributed by atoms with Crippen LogP contribution >= 0.6 is 11.3 Å². The first-order valence-corrected chi connectivity index (χ1v) is 15.1. The normalized spacial score (nSPS) is 20.2. The molecule has 7 rings (SSSR count). The smallest absolute Gasteiger partial charge is 0.254 e. The zero-order valence-electron chi connectivity index (χ0n) is 23.2. The number of nitrogens with two attached hydrogens (primary N) is 1. The second-order valence-electron chi connectivity index (χ2n) is 11.2. The fraction of sp³-hybridized carbons (Fsp3) is 0.533. The summed E-state index contributed by atoms with van der Waals surface area (Å²) in [5.41, 5.74) is 10.6. The molecule has 39 heavy (non-hydrogen) atoms. The minimum atomic E-state index is 0.103. The van der Waals surface area contributed by atoms with E-state index in [0.717, 1.165) is 61.3 Å². The van der Waals surface area contributed by atoms with E-state index in [4.69, 9.17) is 9.72 Å². The van der Waals surface area contributed by atoms with Gasteiger partial charge in [-0.3, -0.25) is 4.79 Å². The molecule has 3 fully saturated rings. The van der Waals surface area contributed by atoms with Gasteiger partial charge >= 0.3 is 0 Å². The summed E-state index contributed by atoms with van der Waals surface area (Å²) >= 11 is 1.77. The molecular formula is C30H39N5O3S. The highest BCUT2D eigenvalue weighted by molar-refractivity contribution is 7.17. The van der Waals surface area contributed by atoms with Crippen molar-refractivity contribution in [1.29, 1.82) is 0 Å². The summed E-state index contributed by atoms with van der Waals surface area (Å²) in [7, 11) is 5.22. The summed E-state index contributed by atoms with van der Waals surface area (Å²) in [4.78, 5) is 20.7. The molecule has 208 valence electrons. The fourth-order valence-electron chi connectivity index (χ4n) is 6.67. The number of hydrogen-bond acceptors (Lipinski definition) is 6. The summed E-state index contributed by atoms with van der Waals surface area (Å²) < 4.78 is 11.7. The highest BCUT2D eigenvalue weighted by Gasteiger charge is 2.40. The lowest BCUT2D eigenvalue weighted by Crippen LogP contribution is -2.37. The van der Waals surface area contributed by atoms with Gasteiger partial charge in [0.25, 0.3) is 5.91 Å². The zero-order chi connectivity index (χ0) is 27.3. The van der Waals surface area contributed by atoms with Gasteiger partial charge in [-0.25, -0.2) is 4.98 Å². The summed E-state index contributed by atoms with van der Waals surface area (Å²) in [6, 6.07) is 6.51. The summed E-state index contributed by atoms with van der Waals surface area (Å²) in [5, 5.41) is 11.7. The number of thiophene rings is 1. The Morgan fingerprint density at radius 2 is 2.00 bits per heavy atom. The first-order chi connectivity index (χ1) is 19.1. The molecule has 0 radical (unpaired) electrons. The minimum Gasteiger partial charge on any atom is -0.494 e. The van der Waals surface area contributed by atoms with Gasteiger partial charge in [-0.2, -0.15) is 0 Å². The van der Waals surface area contributed by atoms with Crippen LogP contribution in [0.1, 0.15) is 54.4 Å². The Morgan fingerprint density at radius 3 is 2.67 bits per heavy atom. The number of ether oxygens (including phenoxy) is 1. The van der Waals surface area contributed by atoms with Crippen molar-refractivity contribution in [1.82, 2.24) is 19.0 Å². The van der Waals surface area contributed by atoms with Crippen molar-refractivity contribution < 1.29 is 14.6 Å². The van der Waals surface area contributed by atoms with Crippen LogP contribution in [0.2, 0.25) is 0 Å². The van der Waals surface area contributed by atoms with E-state index >= 15 is 0 Å². The van der Waals surface area contributed by atoms with Crippen molar-refractivity contribution in [2.45, 2.75) is 57.5 Å². The molecule has 9 heteroatoms. The monoisotopic (exact) mass is 549 g/mol. The molecule has 1 aromatic carbocycles. The number of methoxy groups -OCH3 is 1. The molecule has 2 atom stereocenters. The topological polar surface area (TPSA) is 98.5 Å². The van der Waals surface area contributed by atoms with Crippen LogP contribution in [0.15, 0.2) is 23.6 Å². The zero-order valence-corrected chi connectivity index (χ0v) is 24.0. The second-order valence-corrected chi connectivity index (χ2v) is 12.1. The van der Waals surface area contributed by atoms with Crippen LogP contribution in [0.4, 0.5) is 0 Å². The molecule has 2 aliphatic carbocycles. The number of aromatic nitrogens is 3. The Labute approximate surface area is 233 Å². The molecule has 3 N–H and O–H groups in total. The quantitative estimate of drug-likeness (QED) is 0.329. The maximum Gasteiger partial charge on any atom is 0.254 e. The van der Waals surface area contributed by atoms with Crippen molar-refractivity contribution in [3.63, 3.8) is 0 Å². The third-order valence-electron chi connectivity index (χ3n) is 8.74. The van der Waals surface area contributed by atoms with Gasteiger partial charge in [0.15, 0.2) is 5.82 Å². The number of hydrogen-bond donors (Lipinski definition) is 2. The molecule has 4 aromatic rings. The van der Waals surface area contributed by atoms with Gasteiger partial charge in [0.1, 0.15) is 11.3 Å². The molecule has 2 bridgehead atoms. The van der Waals surface area contributed by atoms with Gasteiger partial charge in [-0.1, -0.05) is 0 Å². The second kappa shape index (κ2) is 10.6. The lowest BCUT2D eigenvalue weighted by Gasteiger charge is -2.27. The van der Waals surface area contributed by atoms with Gasteiger partial charge in [-0.05, 0) is 93.0 Å². The van der Waals surface area contributed by atoms with Crippen LogP contribution in [-0.2, 0) is 20.0 Å². The van der Waals surface area contributed by atoms with Crippen LogP contribution in [0, 0.1) is 11.8 Å². The maximum absolute atomic E-state index is 13.5. The van der Waals surface area contributed by atoms with Gasteiger partial charge in [0.2, 0.25) is 0 Å². The van der Waals surface area contributed by atoms with Crippen molar-refractivity contribution in [3.8, 4) is 17.3 Å². The van der Waals surface area contributed by atoms with Gasteiger partial charge in [0.05, 0.1) is 28.5 Å². The molecule has 4 heterocycles.